The number of nitrogens with zero attached hydrogens (tertiary/aromatic N) is 2. The first-order valence-electron chi connectivity index (χ1n) is 22.3. The molecule has 296 valence electrons. The van der Waals surface area contributed by atoms with Crippen LogP contribution in [-0.4, -0.2) is 13.6 Å². The van der Waals surface area contributed by atoms with Crippen LogP contribution in [0.25, 0.3) is 43.8 Å². The van der Waals surface area contributed by atoms with E-state index in [-0.39, 0.29) is 24.4 Å². The normalized spacial score (nSPS) is 13.5. The van der Waals surface area contributed by atoms with Crippen molar-refractivity contribution in [1.29, 1.82) is 0 Å². The fraction of sp³-hybridized carbons (Fsp3) is 0.138. The molecule has 0 N–H and O–H groups in total. The fourth-order valence-corrected chi connectivity index (χ4v) is 11.1. The van der Waals surface area contributed by atoms with Crippen LogP contribution in [0.1, 0.15) is 52.7 Å². The molecule has 0 unspecified atom stereocenters. The van der Waals surface area contributed by atoms with E-state index in [2.05, 4.69) is 233 Å². The quantitative estimate of drug-likeness (QED) is 0.129. The number of fused-ring (bicyclic) bond motifs is 8. The second kappa shape index (κ2) is 13.4. The van der Waals surface area contributed by atoms with Gasteiger partial charge in [0.15, 0.2) is 0 Å². The maximum atomic E-state index is 2.71. The monoisotopic (exact) mass is 794 g/mol. The Bertz CT molecular complexity index is 3070. The van der Waals surface area contributed by atoms with Crippen LogP contribution in [-0.2, 0) is 10.8 Å². The van der Waals surface area contributed by atoms with E-state index in [0.717, 1.165) is 11.4 Å². The van der Waals surface area contributed by atoms with Gasteiger partial charge in [0.05, 0.1) is 5.69 Å². The standard InChI is InChI=1S/C58H48B2N2/c1-57(2,3)37-29-33-39(34-30-37)61(40-35-31-38(32-36-40)58(4,5)6)54-47-21-9-7-19-43(47)53(44-20-8-10-22-48(44)54)59-51-27-15-23-45-41-17-11-13-25-49(41)60-50-26-14-12-18-42(50)46-24-16-28-52(59)56(46)62(60)55(45)51/h7-36H,1-6H3. The molecule has 9 aromatic rings. The third kappa shape index (κ3) is 5.32. The summed E-state index contributed by atoms with van der Waals surface area (Å²) in [6.45, 7) is 13.8. The van der Waals surface area contributed by atoms with Gasteiger partial charge in [0.1, 0.15) is 0 Å². The number of rotatable bonds is 4. The zero-order valence-corrected chi connectivity index (χ0v) is 36.4. The molecule has 3 heterocycles. The first-order valence-corrected chi connectivity index (χ1v) is 22.3. The molecule has 4 heteroatoms. The van der Waals surface area contributed by atoms with E-state index in [1.54, 1.807) is 0 Å². The smallest absolute Gasteiger partial charge is 0.329 e. The summed E-state index contributed by atoms with van der Waals surface area (Å²) in [6, 6.07) is 69.4. The summed E-state index contributed by atoms with van der Waals surface area (Å²) >= 11 is 0. The van der Waals surface area contributed by atoms with Crippen molar-refractivity contribution in [3.05, 3.63) is 193 Å². The summed E-state index contributed by atoms with van der Waals surface area (Å²) in [5, 5.41) is 5.04. The molecule has 0 fully saturated rings. The van der Waals surface area contributed by atoms with Crippen LogP contribution in [0.15, 0.2) is 182 Å². The van der Waals surface area contributed by atoms with Crippen molar-refractivity contribution in [2.24, 2.45) is 0 Å². The molecule has 9 aromatic carbocycles. The largest absolute Gasteiger partial charge is 0.377 e. The average molecular weight is 795 g/mol. The Hall–Kier alpha value is -6.77. The van der Waals surface area contributed by atoms with E-state index in [4.69, 9.17) is 0 Å². The molecule has 0 bridgehead atoms. The van der Waals surface area contributed by atoms with Gasteiger partial charge in [-0.1, -0.05) is 205 Å². The number of hydrogen-bond donors (Lipinski definition) is 0. The van der Waals surface area contributed by atoms with Crippen molar-refractivity contribution < 1.29 is 0 Å². The van der Waals surface area contributed by atoms with Crippen molar-refractivity contribution >= 4 is 90.9 Å². The summed E-state index contributed by atoms with van der Waals surface area (Å²) in [5.41, 5.74) is 21.0. The highest BCUT2D eigenvalue weighted by atomic mass is 15.1. The van der Waals surface area contributed by atoms with Crippen LogP contribution in [0.4, 0.5) is 28.4 Å². The number of hydrogen-bond acceptors (Lipinski definition) is 2. The minimum absolute atomic E-state index is 0.0123. The van der Waals surface area contributed by atoms with Gasteiger partial charge in [0.2, 0.25) is 6.71 Å². The molecular weight excluding hydrogens is 746 g/mol. The first-order chi connectivity index (χ1) is 30.1. The van der Waals surface area contributed by atoms with Crippen LogP contribution < -0.4 is 37.0 Å². The topological polar surface area (TPSA) is 6.48 Å². The lowest BCUT2D eigenvalue weighted by atomic mass is 9.31. The summed E-state index contributed by atoms with van der Waals surface area (Å²) in [6.07, 6.45) is 0. The van der Waals surface area contributed by atoms with Gasteiger partial charge in [-0.2, -0.15) is 0 Å². The van der Waals surface area contributed by atoms with Gasteiger partial charge >= 0.3 is 6.85 Å². The van der Waals surface area contributed by atoms with Crippen molar-refractivity contribution in [2.45, 2.75) is 52.4 Å². The zero-order chi connectivity index (χ0) is 42.1. The predicted octanol–water partition coefficient (Wildman–Crippen LogP) is 11.8. The van der Waals surface area contributed by atoms with E-state index >= 15 is 0 Å². The summed E-state index contributed by atoms with van der Waals surface area (Å²) < 4.78 is 0. The molecule has 12 rings (SSSR count). The SMILES string of the molecule is CC(C)(C)c1ccc(N(c2ccc(C(C)(C)C)cc2)c2c3ccccc3c(B3c4cccc5c4N4B(c6ccccc6-5)c5ccccc5-c5cccc3c54)c3ccccc23)cc1. The Labute approximate surface area is 366 Å². The Morgan fingerprint density at radius 3 is 1.18 bits per heavy atom. The van der Waals surface area contributed by atoms with Crippen LogP contribution >= 0.6 is 0 Å². The lowest BCUT2D eigenvalue weighted by Crippen LogP contribution is -2.67. The van der Waals surface area contributed by atoms with Gasteiger partial charge in [-0.25, -0.2) is 0 Å². The predicted molar refractivity (Wildman–Crippen MR) is 269 cm³/mol. The second-order valence-electron chi connectivity index (χ2n) is 19.6. The second-order valence-corrected chi connectivity index (χ2v) is 19.6. The lowest BCUT2D eigenvalue weighted by Gasteiger charge is -2.49. The van der Waals surface area contributed by atoms with E-state index in [0.29, 0.717) is 0 Å². The van der Waals surface area contributed by atoms with Gasteiger partial charge in [0, 0.05) is 44.6 Å². The van der Waals surface area contributed by atoms with Gasteiger partial charge < -0.3 is 9.71 Å². The molecule has 0 saturated carbocycles. The highest BCUT2D eigenvalue weighted by Gasteiger charge is 2.49. The van der Waals surface area contributed by atoms with Crippen molar-refractivity contribution in [2.75, 3.05) is 9.71 Å². The lowest BCUT2D eigenvalue weighted by molar-refractivity contribution is 0.590. The minimum Gasteiger partial charge on any atom is -0.377 e. The molecule has 0 aromatic heterocycles. The number of para-hydroxylation sites is 2. The Kier molecular flexibility index (Phi) is 7.98. The van der Waals surface area contributed by atoms with Gasteiger partial charge in [0.25, 0.3) is 0 Å². The van der Waals surface area contributed by atoms with Crippen LogP contribution in [0, 0.1) is 0 Å². The molecule has 0 saturated heterocycles. The zero-order valence-electron chi connectivity index (χ0n) is 36.4. The Balaban J connectivity index is 1.18. The van der Waals surface area contributed by atoms with E-state index in [9.17, 15) is 0 Å². The molecule has 3 aliphatic rings. The average Bonchev–Trinajstić information content (AvgIpc) is 3.29. The molecule has 0 radical (unpaired) electrons. The highest BCUT2D eigenvalue weighted by Crippen LogP contribution is 2.48. The molecule has 0 aliphatic carbocycles. The molecule has 62 heavy (non-hydrogen) atoms. The summed E-state index contributed by atoms with van der Waals surface area (Å²) in [5.74, 6) is 0. The summed E-state index contributed by atoms with van der Waals surface area (Å²) in [4.78, 5) is 5.22. The molecular formula is C58H48B2N2. The number of benzene rings is 9. The number of anilines is 5. The van der Waals surface area contributed by atoms with Crippen molar-refractivity contribution in [1.82, 2.24) is 0 Å². The van der Waals surface area contributed by atoms with Crippen LogP contribution in [0.2, 0.25) is 0 Å². The highest BCUT2D eigenvalue weighted by molar-refractivity contribution is 7.03. The third-order valence-corrected chi connectivity index (χ3v) is 14.0. The minimum atomic E-state index is -0.0123. The molecule has 0 atom stereocenters. The van der Waals surface area contributed by atoms with Gasteiger partial charge in [-0.3, -0.25) is 0 Å². The van der Waals surface area contributed by atoms with Gasteiger partial charge in [-0.05, 0) is 90.0 Å². The Morgan fingerprint density at radius 1 is 0.371 bits per heavy atom. The molecule has 0 amide bonds. The first kappa shape index (κ1) is 37.0. The van der Waals surface area contributed by atoms with E-state index < -0.39 is 0 Å². The third-order valence-electron chi connectivity index (χ3n) is 14.0. The summed E-state index contributed by atoms with van der Waals surface area (Å²) in [7, 11) is 0. The Morgan fingerprint density at radius 2 is 0.742 bits per heavy atom. The van der Waals surface area contributed by atoms with Crippen molar-refractivity contribution in [3.63, 3.8) is 0 Å². The fourth-order valence-electron chi connectivity index (χ4n) is 11.1. The van der Waals surface area contributed by atoms with E-state index in [1.165, 1.54) is 99.3 Å². The molecule has 3 aliphatic heterocycles. The van der Waals surface area contributed by atoms with Crippen LogP contribution in [0.3, 0.4) is 0 Å². The van der Waals surface area contributed by atoms with Gasteiger partial charge in [-0.15, -0.1) is 0 Å². The van der Waals surface area contributed by atoms with E-state index in [1.807, 2.05) is 0 Å². The molecule has 0 spiro atoms. The maximum Gasteiger partial charge on any atom is 0.329 e. The maximum absolute atomic E-state index is 2.71. The van der Waals surface area contributed by atoms with Crippen LogP contribution in [0.5, 0.6) is 0 Å². The van der Waals surface area contributed by atoms with Crippen molar-refractivity contribution in [3.8, 4) is 22.3 Å². The molecule has 2 nitrogen and oxygen atoms in total.